The first-order valence-electron chi connectivity index (χ1n) is 35.4. The maximum Gasteiger partial charge on any atom is 0.305 e. The molecular formula is C68H120N18O14. The minimum atomic E-state index is -1.97. The van der Waals surface area contributed by atoms with Crippen molar-refractivity contribution >= 4 is 82.9 Å². The largest absolute Gasteiger partial charge is 0.481 e. The maximum absolute atomic E-state index is 14.6. The van der Waals surface area contributed by atoms with E-state index in [-0.39, 0.29) is 101 Å². The molecule has 0 aromatic heterocycles. The Morgan fingerprint density at radius 2 is 0.820 bits per heavy atom. The van der Waals surface area contributed by atoms with Gasteiger partial charge in [-0.15, -0.1) is 0 Å². The zero-order valence-corrected chi connectivity index (χ0v) is 59.8. The molecule has 32 heteroatoms. The lowest BCUT2D eigenvalue weighted by Crippen LogP contribution is -2.62. The van der Waals surface area contributed by atoms with Gasteiger partial charge in [-0.3, -0.25) is 67.5 Å². The van der Waals surface area contributed by atoms with Gasteiger partial charge in [0.2, 0.25) is 65.0 Å². The molecule has 0 bridgehead atoms. The zero-order valence-electron chi connectivity index (χ0n) is 59.8. The molecule has 0 saturated heterocycles. The SMILES string of the molecule is CCCCCCCCCCCCCCCCCC(=O)N[C@H](C(=O)N[C@@H](CCCN=C(N)N)C(=O)N[C@@H](Cc1ccccc1)C(=O)N[C@H](C(=O)N[C@@H](CCCN=C(N)N)C(=O)N[C@@H](CC(N)=O)C(=O)N[C@@H](CC(=O)O)C(=O)N[C@@H](CCCCN)C(=O)N[C@@H](CC(C)C)C(N)=O)[C@@H](C)O)C(C)C. The second kappa shape index (κ2) is 51.5. The van der Waals surface area contributed by atoms with Gasteiger partial charge in [-0.1, -0.05) is 155 Å². The molecule has 1 aromatic carbocycles. The number of hydrogen-bond donors (Lipinski definition) is 18. The molecule has 100 heavy (non-hydrogen) atoms. The smallest absolute Gasteiger partial charge is 0.305 e. The lowest BCUT2D eigenvalue weighted by Gasteiger charge is -2.29. The highest BCUT2D eigenvalue weighted by Gasteiger charge is 2.38. The van der Waals surface area contributed by atoms with E-state index in [0.29, 0.717) is 18.4 Å². The predicted octanol–water partition coefficient (Wildman–Crippen LogP) is 0.00830. The third-order valence-corrected chi connectivity index (χ3v) is 16.4. The van der Waals surface area contributed by atoms with Crippen LogP contribution in [0.3, 0.4) is 0 Å². The highest BCUT2D eigenvalue weighted by Crippen LogP contribution is 2.16. The van der Waals surface area contributed by atoms with E-state index in [9.17, 15) is 67.7 Å². The average Bonchev–Trinajstić information content (AvgIpc) is 0.853. The number of aliphatic hydroxyl groups excluding tert-OH is 1. The average molecular weight is 1410 g/mol. The summed E-state index contributed by atoms with van der Waals surface area (Å²) in [5.41, 5.74) is 39.4. The third kappa shape index (κ3) is 40.4. The second-order valence-electron chi connectivity index (χ2n) is 26.3. The van der Waals surface area contributed by atoms with Gasteiger partial charge >= 0.3 is 5.97 Å². The number of hydrogen-bond acceptors (Lipinski definition) is 16. The summed E-state index contributed by atoms with van der Waals surface area (Å²) in [6.07, 6.45) is 14.1. The molecule has 25 N–H and O–H groups in total. The Kier molecular flexibility index (Phi) is 46.0. The summed E-state index contributed by atoms with van der Waals surface area (Å²) >= 11 is 0. The van der Waals surface area contributed by atoms with Crippen molar-refractivity contribution in [1.82, 2.24) is 47.9 Å². The van der Waals surface area contributed by atoms with E-state index >= 15 is 0 Å². The van der Waals surface area contributed by atoms with Crippen molar-refractivity contribution in [2.75, 3.05) is 19.6 Å². The molecule has 0 saturated carbocycles. The maximum atomic E-state index is 14.6. The van der Waals surface area contributed by atoms with Gasteiger partial charge in [-0.25, -0.2) is 0 Å². The highest BCUT2D eigenvalue weighted by atomic mass is 16.4. The van der Waals surface area contributed by atoms with Crippen molar-refractivity contribution < 1.29 is 67.7 Å². The summed E-state index contributed by atoms with van der Waals surface area (Å²) < 4.78 is 0. The van der Waals surface area contributed by atoms with Crippen LogP contribution in [0.15, 0.2) is 40.3 Å². The Morgan fingerprint density at radius 3 is 1.23 bits per heavy atom. The fourth-order valence-electron chi connectivity index (χ4n) is 10.9. The van der Waals surface area contributed by atoms with Crippen LogP contribution in [0.4, 0.5) is 0 Å². The van der Waals surface area contributed by atoms with Gasteiger partial charge in [0.1, 0.15) is 54.4 Å². The van der Waals surface area contributed by atoms with Crippen LogP contribution < -0.4 is 88.0 Å². The molecule has 11 amide bonds. The van der Waals surface area contributed by atoms with Crippen LogP contribution in [0.2, 0.25) is 0 Å². The number of aliphatic carboxylic acids is 1. The third-order valence-electron chi connectivity index (χ3n) is 16.4. The highest BCUT2D eigenvalue weighted by molar-refractivity contribution is 6.00. The van der Waals surface area contributed by atoms with Crippen LogP contribution in [0.25, 0.3) is 0 Å². The summed E-state index contributed by atoms with van der Waals surface area (Å²) in [5, 5.41) is 43.6. The van der Waals surface area contributed by atoms with E-state index < -0.39 is 144 Å². The molecule has 0 aliphatic carbocycles. The number of nitrogens with two attached hydrogens (primary N) is 7. The molecule has 0 aliphatic rings. The van der Waals surface area contributed by atoms with Crippen LogP contribution in [-0.2, 0) is 64.0 Å². The van der Waals surface area contributed by atoms with E-state index in [1.54, 1.807) is 58.0 Å². The molecule has 0 unspecified atom stereocenters. The first-order chi connectivity index (χ1) is 47.4. The van der Waals surface area contributed by atoms with Crippen molar-refractivity contribution in [1.29, 1.82) is 0 Å². The zero-order chi connectivity index (χ0) is 75.1. The molecule has 0 aliphatic heterocycles. The van der Waals surface area contributed by atoms with Crippen LogP contribution in [0, 0.1) is 11.8 Å². The Bertz CT molecular complexity index is 2750. The number of rotatable bonds is 56. The van der Waals surface area contributed by atoms with Gasteiger partial charge in [0.25, 0.3) is 0 Å². The minimum absolute atomic E-state index is 0.0457. The number of benzene rings is 1. The number of carbonyl (C=O) groups is 12. The number of carboxylic acid groups (broad SMARTS) is 1. The summed E-state index contributed by atoms with van der Waals surface area (Å²) in [6.45, 7) is 10.5. The van der Waals surface area contributed by atoms with Gasteiger partial charge in [0, 0.05) is 25.9 Å². The fraction of sp³-hybridized carbons (Fsp3) is 0.706. The normalized spacial score (nSPS) is 14.1. The number of guanidine groups is 2. The summed E-state index contributed by atoms with van der Waals surface area (Å²) in [5.74, 6) is -13.3. The molecule has 0 fully saturated rings. The molecule has 10 atom stereocenters. The first-order valence-corrected chi connectivity index (χ1v) is 35.4. The van der Waals surface area contributed by atoms with Gasteiger partial charge in [0.15, 0.2) is 11.9 Å². The van der Waals surface area contributed by atoms with Crippen molar-refractivity contribution in [3.05, 3.63) is 35.9 Å². The standard InChI is InChI=1S/C68H120N18O14/c1-7-8-9-10-11-12-13-14-15-16-17-18-19-20-24-34-54(89)85-56(43(4)5)65(99)79-47(32-27-36-76-67(72)73)60(94)82-50(39-45-29-22-21-23-30-45)64(98)86-57(44(6)87)66(100)80-48(33-28-37-77-68(74)75)61(95)83-51(40-53(70)88)62(96)84-52(41-55(90)91)63(97)78-46(31-25-26-35-69)59(93)81-49(58(71)92)38-42(2)3/h21-23,29-30,42-44,46-52,56-57,87H,7-20,24-28,31-41,69H2,1-6H3,(H2,70,88)(H2,71,92)(H,78,97)(H,79,99)(H,80,100)(H,81,93)(H,82,94)(H,83,95)(H,84,96)(H,85,89)(H,86,98)(H,90,91)(H4,72,73,76)(H4,74,75,77)/t44-,46+,47+,48+,49+,50+,51+,52+,56+,57+/m1/s1. The first kappa shape index (κ1) is 89.3. The number of aliphatic hydroxyl groups is 1. The number of unbranched alkanes of at least 4 members (excludes halogenated alkanes) is 15. The van der Waals surface area contributed by atoms with Gasteiger partial charge < -0.3 is 98.2 Å². The van der Waals surface area contributed by atoms with Gasteiger partial charge in [0.05, 0.1) is 18.9 Å². The number of amides is 11. The second-order valence-corrected chi connectivity index (χ2v) is 26.3. The quantitative estimate of drug-likeness (QED) is 0.0232. The van der Waals surface area contributed by atoms with Crippen LogP contribution in [-0.4, -0.2) is 173 Å². The van der Waals surface area contributed by atoms with Crippen molar-refractivity contribution in [2.24, 2.45) is 62.0 Å². The number of aliphatic imine (C=N–C) groups is 2. The predicted molar refractivity (Wildman–Crippen MR) is 381 cm³/mol. The van der Waals surface area contributed by atoms with Crippen molar-refractivity contribution in [3.63, 3.8) is 0 Å². The molecule has 0 heterocycles. The lowest BCUT2D eigenvalue weighted by molar-refractivity contribution is -0.142. The number of primary amides is 2. The van der Waals surface area contributed by atoms with Gasteiger partial charge in [-0.2, -0.15) is 0 Å². The van der Waals surface area contributed by atoms with Gasteiger partial charge in [-0.05, 0) is 88.7 Å². The topological polar surface area (TPSA) is 560 Å². The fourth-order valence-corrected chi connectivity index (χ4v) is 10.9. The van der Waals surface area contributed by atoms with E-state index in [1.807, 2.05) is 0 Å². The molecule has 566 valence electrons. The Balaban J connectivity index is 3.53. The summed E-state index contributed by atoms with van der Waals surface area (Å²) in [7, 11) is 0. The molecule has 0 radical (unpaired) electrons. The van der Waals surface area contributed by atoms with Crippen LogP contribution in [0.5, 0.6) is 0 Å². The monoisotopic (exact) mass is 1410 g/mol. The van der Waals surface area contributed by atoms with E-state index in [4.69, 9.17) is 40.1 Å². The number of carboxylic acids is 1. The molecular weight excluding hydrogens is 1290 g/mol. The number of carbonyl (C=O) groups excluding carboxylic acids is 11. The Hall–Kier alpha value is -8.68. The lowest BCUT2D eigenvalue weighted by atomic mass is 10.0. The molecule has 32 nitrogen and oxygen atoms in total. The minimum Gasteiger partial charge on any atom is -0.481 e. The van der Waals surface area contributed by atoms with E-state index in [2.05, 4.69) is 64.8 Å². The summed E-state index contributed by atoms with van der Waals surface area (Å²) in [6, 6.07) is -5.64. The van der Waals surface area contributed by atoms with Crippen molar-refractivity contribution in [3.8, 4) is 0 Å². The van der Waals surface area contributed by atoms with Crippen LogP contribution in [0.1, 0.15) is 214 Å². The molecule has 1 rings (SSSR count). The van der Waals surface area contributed by atoms with E-state index in [1.165, 1.54) is 64.2 Å². The Morgan fingerprint density at radius 1 is 0.430 bits per heavy atom. The number of nitrogens with one attached hydrogen (secondary N) is 9. The Labute approximate surface area is 589 Å². The number of nitrogens with zero attached hydrogens (tertiary/aromatic N) is 2. The summed E-state index contributed by atoms with van der Waals surface area (Å²) in [4.78, 5) is 172. The van der Waals surface area contributed by atoms with E-state index in [0.717, 1.165) is 32.6 Å². The molecule has 1 aromatic rings. The van der Waals surface area contributed by atoms with Crippen molar-refractivity contribution in [2.45, 2.75) is 275 Å². The molecule has 0 spiro atoms. The van der Waals surface area contributed by atoms with Crippen LogP contribution >= 0.6 is 0 Å².